The fourth-order valence-corrected chi connectivity index (χ4v) is 12.2. The van der Waals surface area contributed by atoms with Gasteiger partial charge in [0.15, 0.2) is 11.5 Å². The highest BCUT2D eigenvalue weighted by Crippen LogP contribution is 2.34. The number of anilines is 1. The van der Waals surface area contributed by atoms with Crippen LogP contribution in [0.25, 0.3) is 0 Å². The van der Waals surface area contributed by atoms with E-state index in [-0.39, 0.29) is 82.8 Å². The van der Waals surface area contributed by atoms with Crippen LogP contribution in [-0.4, -0.2) is 157 Å². The van der Waals surface area contributed by atoms with E-state index in [2.05, 4.69) is 16.0 Å². The topological polar surface area (TPSA) is 266 Å². The summed E-state index contributed by atoms with van der Waals surface area (Å²) >= 11 is 0. The van der Waals surface area contributed by atoms with Gasteiger partial charge >= 0.3 is 11.9 Å². The minimum absolute atomic E-state index is 0.0299. The Hall–Kier alpha value is -9.86. The van der Waals surface area contributed by atoms with Crippen molar-refractivity contribution < 1.29 is 71.6 Å². The van der Waals surface area contributed by atoms with E-state index in [4.69, 9.17) is 23.7 Å². The Morgan fingerprint density at radius 2 is 1.31 bits per heavy atom. The molecule has 3 N–H and O–H groups in total. The second-order valence-electron chi connectivity index (χ2n) is 26.0. The molecule has 0 spiro atoms. The zero-order chi connectivity index (χ0) is 69.8. The van der Waals surface area contributed by atoms with Crippen LogP contribution in [0.15, 0.2) is 140 Å². The summed E-state index contributed by atoms with van der Waals surface area (Å²) in [6.45, 7) is 7.06. The largest absolute Gasteiger partial charge is 0.493 e. The highest BCUT2D eigenvalue weighted by atomic mass is 16.5. The van der Waals surface area contributed by atoms with Crippen LogP contribution in [0.3, 0.4) is 0 Å². The molecule has 8 rings (SSSR count). The molecule has 3 aliphatic rings. The highest BCUT2D eigenvalue weighted by Gasteiger charge is 2.44. The molecule has 2 saturated heterocycles. The molecule has 2 bridgehead atoms. The third-order valence-corrected chi connectivity index (χ3v) is 17.7. The number of carbonyl (C=O) groups excluding carboxylic acids is 10. The van der Waals surface area contributed by atoms with Gasteiger partial charge in [-0.1, -0.05) is 111 Å². The zero-order valence-electron chi connectivity index (χ0n) is 56.8. The number of fused-ring (bicyclic) bond motifs is 4. The first-order chi connectivity index (χ1) is 46.5. The SMILES string of the molecule is COc1ccc(CC[C@H]2OC(=O)[C@@H]3CCCCN3C(=O)C(=O)C(C)(C)COC(=O)/C=C/CCN(C)C(=O)[C@H](CC(C)C)N(C)C(=O)[C@H]3CCCN3C(=O)[C@H](Cc3ccc(OCc4ccccc4)cc3)NC(=O)C(c3ccccc3)NC(=O)CCC(=O)Nc3cccc2c3)cc1OC. The first-order valence-electron chi connectivity index (χ1n) is 33.3. The van der Waals surface area contributed by atoms with E-state index in [1.54, 1.807) is 99.0 Å². The number of methoxy groups -OCH3 is 2. The fraction of sp³-hybridized carbons (Fsp3) is 0.440. The summed E-state index contributed by atoms with van der Waals surface area (Å²) in [5.41, 5.74) is 2.11. The molecule has 97 heavy (non-hydrogen) atoms. The standard InChI is InChI=1S/C75H91N7O15/c1-49(2)43-60-71(89)79(5)40-17-16-29-66(85)96-48-75(3,4)68(86)73(91)82-41-18-15-27-59(82)74(92)97-61(36-32-51-33-37-62(93-7)63(45-51)94-8)54-25-19-26-55(46-54)76-64(83)38-39-65(84)78-67(53-23-13-10-14-24-53)69(87)77-57(70(88)81-42-20-28-58(81)72(90)80(60)6)44-50-30-34-56(35-31-50)95-47-52-21-11-9-12-22-52/h9-14,16,19,21-26,29-31,33-35,37,45-46,49,57-61,67H,15,17-18,20,27-28,32,36,38-44,47-48H2,1-8H3,(H,76,83)(H,77,87)(H,78,84)/b29-16+/t57-,58+,59-,60-,61+,67?/m0/s1. The number of Topliss-reactive ketones (excluding diaryl/α,β-unsaturated/α-hetero) is 1. The third kappa shape index (κ3) is 20.1. The smallest absolute Gasteiger partial charge is 0.330 e. The number of likely N-dealkylation sites (N-methyl/N-ethyl adjacent to an activating group) is 2. The number of nitrogens with zero attached hydrogens (tertiary/aromatic N) is 4. The van der Waals surface area contributed by atoms with Gasteiger partial charge in [-0.25, -0.2) is 9.59 Å². The fourth-order valence-electron chi connectivity index (χ4n) is 12.2. The molecule has 2 fully saturated rings. The van der Waals surface area contributed by atoms with Crippen molar-refractivity contribution in [3.8, 4) is 17.2 Å². The normalized spacial score (nSPS) is 22.3. The second kappa shape index (κ2) is 34.7. The Morgan fingerprint density at radius 3 is 2.02 bits per heavy atom. The lowest BCUT2D eigenvalue weighted by molar-refractivity contribution is -0.165. The van der Waals surface area contributed by atoms with Crippen LogP contribution < -0.4 is 30.2 Å². The summed E-state index contributed by atoms with van der Waals surface area (Å²) in [4.78, 5) is 149. The average Bonchev–Trinajstić information content (AvgIpc) is 1.90. The monoisotopic (exact) mass is 1330 g/mol. The van der Waals surface area contributed by atoms with Crippen LogP contribution in [0.2, 0.25) is 0 Å². The molecule has 6 atom stereocenters. The second-order valence-corrected chi connectivity index (χ2v) is 26.0. The lowest BCUT2D eigenvalue weighted by Gasteiger charge is -2.36. The first kappa shape index (κ1) is 73.0. The molecule has 22 heteroatoms. The highest BCUT2D eigenvalue weighted by molar-refractivity contribution is 6.38. The van der Waals surface area contributed by atoms with Gasteiger partial charge in [0.25, 0.3) is 5.91 Å². The molecule has 0 radical (unpaired) electrons. The van der Waals surface area contributed by atoms with Crippen molar-refractivity contribution in [2.45, 2.75) is 148 Å². The van der Waals surface area contributed by atoms with Crippen LogP contribution in [-0.2, 0) is 76.9 Å². The van der Waals surface area contributed by atoms with Crippen LogP contribution in [0, 0.1) is 11.3 Å². The van der Waals surface area contributed by atoms with Crippen molar-refractivity contribution in [2.24, 2.45) is 11.3 Å². The van der Waals surface area contributed by atoms with E-state index < -0.39 is 101 Å². The summed E-state index contributed by atoms with van der Waals surface area (Å²) in [6.07, 6.45) is 4.09. The van der Waals surface area contributed by atoms with Crippen molar-refractivity contribution in [3.63, 3.8) is 0 Å². The van der Waals surface area contributed by atoms with Crippen molar-refractivity contribution in [3.05, 3.63) is 167 Å². The lowest BCUT2D eigenvalue weighted by Crippen LogP contribution is -2.58. The molecule has 5 aromatic carbocycles. The van der Waals surface area contributed by atoms with Crippen molar-refractivity contribution in [1.82, 2.24) is 30.2 Å². The predicted octanol–water partition coefficient (Wildman–Crippen LogP) is 8.61. The maximum Gasteiger partial charge on any atom is 0.330 e. The Labute approximate surface area is 567 Å². The summed E-state index contributed by atoms with van der Waals surface area (Å²) in [5, 5.41) is 8.62. The van der Waals surface area contributed by atoms with Gasteiger partial charge in [-0.2, -0.15) is 0 Å². The molecular weight excluding hydrogens is 1240 g/mol. The molecule has 22 nitrogen and oxygen atoms in total. The minimum Gasteiger partial charge on any atom is -0.493 e. The molecule has 0 saturated carbocycles. The average molecular weight is 1330 g/mol. The van der Waals surface area contributed by atoms with E-state index in [0.29, 0.717) is 71.9 Å². The number of nitrogens with one attached hydrogen (secondary N) is 3. The van der Waals surface area contributed by atoms with E-state index in [1.807, 2.05) is 56.3 Å². The van der Waals surface area contributed by atoms with Crippen molar-refractivity contribution in [2.75, 3.05) is 59.9 Å². The molecular formula is C75H91N7O15. The quantitative estimate of drug-likeness (QED) is 0.0736. The zero-order valence-corrected chi connectivity index (χ0v) is 56.8. The van der Waals surface area contributed by atoms with Gasteiger partial charge < -0.3 is 59.2 Å². The maximum atomic E-state index is 15.3. The molecule has 0 aliphatic carbocycles. The Balaban J connectivity index is 1.09. The molecule has 7 amide bonds. The summed E-state index contributed by atoms with van der Waals surface area (Å²) in [6, 6.07) is 31.6. The Kier molecular flexibility index (Phi) is 26.1. The molecule has 5 aromatic rings. The van der Waals surface area contributed by atoms with E-state index in [1.165, 1.54) is 59.8 Å². The van der Waals surface area contributed by atoms with Gasteiger partial charge in [0.2, 0.25) is 41.2 Å². The summed E-state index contributed by atoms with van der Waals surface area (Å²) < 4.78 is 29.0. The number of hydrogen-bond acceptors (Lipinski definition) is 15. The summed E-state index contributed by atoms with van der Waals surface area (Å²) in [7, 11) is 6.18. The molecule has 3 aliphatic heterocycles. The number of benzene rings is 5. The third-order valence-electron chi connectivity index (χ3n) is 17.7. The van der Waals surface area contributed by atoms with Gasteiger partial charge in [-0.3, -0.25) is 38.4 Å². The number of ketones is 1. The van der Waals surface area contributed by atoms with Crippen molar-refractivity contribution in [1.29, 1.82) is 0 Å². The molecule has 1 unspecified atom stereocenters. The minimum atomic E-state index is -1.52. The number of amides is 7. The van der Waals surface area contributed by atoms with Gasteiger partial charge in [-0.05, 0) is 142 Å². The number of esters is 2. The van der Waals surface area contributed by atoms with Crippen LogP contribution in [0.4, 0.5) is 5.69 Å². The van der Waals surface area contributed by atoms with Crippen LogP contribution in [0.1, 0.15) is 132 Å². The Bertz CT molecular complexity index is 3620. The maximum absolute atomic E-state index is 15.3. The first-order valence-corrected chi connectivity index (χ1v) is 33.3. The Morgan fingerprint density at radius 1 is 0.639 bits per heavy atom. The van der Waals surface area contributed by atoms with E-state index >= 15 is 4.79 Å². The van der Waals surface area contributed by atoms with Gasteiger partial charge in [0, 0.05) is 64.8 Å². The predicted molar refractivity (Wildman–Crippen MR) is 362 cm³/mol. The molecule has 3 heterocycles. The van der Waals surface area contributed by atoms with Crippen LogP contribution >= 0.6 is 0 Å². The van der Waals surface area contributed by atoms with Gasteiger partial charge in [0.1, 0.15) is 55.3 Å². The summed E-state index contributed by atoms with van der Waals surface area (Å²) in [5.74, 6) is -5.16. The van der Waals surface area contributed by atoms with E-state index in [0.717, 1.165) is 11.1 Å². The number of piperidine rings is 1. The molecule has 0 aromatic heterocycles. The number of carbonyl (C=O) groups is 10. The van der Waals surface area contributed by atoms with E-state index in [9.17, 15) is 43.2 Å². The number of cyclic esters (lactones) is 2. The number of rotatable bonds is 13. The number of ether oxygens (including phenoxy) is 5. The lowest BCUT2D eigenvalue weighted by atomic mass is 9.87. The van der Waals surface area contributed by atoms with Gasteiger partial charge in [0.05, 0.1) is 19.6 Å². The number of hydrogen-bond donors (Lipinski definition) is 3. The molecule has 516 valence electrons. The van der Waals surface area contributed by atoms with Crippen molar-refractivity contribution >= 4 is 64.8 Å². The number of aryl methyl sites for hydroxylation is 1. The van der Waals surface area contributed by atoms with Crippen LogP contribution in [0.5, 0.6) is 17.2 Å². The van der Waals surface area contributed by atoms with Gasteiger partial charge in [-0.15, -0.1) is 0 Å².